The lowest BCUT2D eigenvalue weighted by Crippen LogP contribution is -1.93. The first kappa shape index (κ1) is 13.6. The fraction of sp³-hybridized carbons (Fsp3) is 0. The van der Waals surface area contributed by atoms with E-state index in [0.717, 1.165) is 16.5 Å². The van der Waals surface area contributed by atoms with Crippen LogP contribution in [0.2, 0.25) is 0 Å². The van der Waals surface area contributed by atoms with Gasteiger partial charge in [-0.15, -0.1) is 0 Å². The van der Waals surface area contributed by atoms with Crippen molar-refractivity contribution in [3.8, 4) is 6.07 Å². The highest BCUT2D eigenvalue weighted by Crippen LogP contribution is 2.28. The van der Waals surface area contributed by atoms with Gasteiger partial charge in [-0.05, 0) is 18.2 Å². The van der Waals surface area contributed by atoms with Gasteiger partial charge in [0.25, 0.3) is 5.69 Å². The SMILES string of the molecule is N#C/C(=C\c1c[nH]c2ccccc12)c1ccccc1[N+](=O)[O-]. The molecule has 0 bridgehead atoms. The van der Waals surface area contributed by atoms with Gasteiger partial charge in [0.2, 0.25) is 0 Å². The minimum Gasteiger partial charge on any atom is -0.361 e. The number of allylic oxidation sites excluding steroid dienone is 1. The van der Waals surface area contributed by atoms with Gasteiger partial charge in [-0.1, -0.05) is 30.3 Å². The van der Waals surface area contributed by atoms with Crippen LogP contribution in [0.5, 0.6) is 0 Å². The maximum atomic E-state index is 11.1. The molecule has 1 aromatic heterocycles. The molecule has 0 fully saturated rings. The number of benzene rings is 2. The summed E-state index contributed by atoms with van der Waals surface area (Å²) >= 11 is 0. The van der Waals surface area contributed by atoms with Crippen molar-refractivity contribution in [3.63, 3.8) is 0 Å². The van der Waals surface area contributed by atoms with E-state index in [-0.39, 0.29) is 11.3 Å². The molecular formula is C17H11N3O2. The van der Waals surface area contributed by atoms with Gasteiger partial charge in [-0.2, -0.15) is 5.26 Å². The van der Waals surface area contributed by atoms with Gasteiger partial charge in [0.1, 0.15) is 6.07 Å². The number of hydrogen-bond donors (Lipinski definition) is 1. The summed E-state index contributed by atoms with van der Waals surface area (Å²) in [6.45, 7) is 0. The van der Waals surface area contributed by atoms with E-state index in [2.05, 4.69) is 11.1 Å². The van der Waals surface area contributed by atoms with Gasteiger partial charge in [0.15, 0.2) is 0 Å². The van der Waals surface area contributed by atoms with Gasteiger partial charge in [0.05, 0.1) is 16.1 Å². The van der Waals surface area contributed by atoms with Gasteiger partial charge in [-0.3, -0.25) is 10.1 Å². The summed E-state index contributed by atoms with van der Waals surface area (Å²) in [5, 5.41) is 21.5. The summed E-state index contributed by atoms with van der Waals surface area (Å²) in [6.07, 6.45) is 3.46. The molecule has 5 nitrogen and oxygen atoms in total. The fourth-order valence-corrected chi connectivity index (χ4v) is 2.40. The molecule has 0 radical (unpaired) electrons. The first-order valence-corrected chi connectivity index (χ1v) is 6.62. The Hall–Kier alpha value is -3.39. The van der Waals surface area contributed by atoms with Crippen molar-refractivity contribution < 1.29 is 4.92 Å². The maximum absolute atomic E-state index is 11.1. The number of nitrogens with zero attached hydrogens (tertiary/aromatic N) is 2. The Morgan fingerprint density at radius 1 is 1.18 bits per heavy atom. The zero-order valence-electron chi connectivity index (χ0n) is 11.5. The van der Waals surface area contributed by atoms with Crippen molar-refractivity contribution in [2.24, 2.45) is 0 Å². The van der Waals surface area contributed by atoms with Crippen molar-refractivity contribution >= 4 is 28.2 Å². The molecule has 0 spiro atoms. The summed E-state index contributed by atoms with van der Waals surface area (Å²) in [5.74, 6) is 0. The van der Waals surface area contributed by atoms with E-state index in [1.165, 1.54) is 6.07 Å². The third kappa shape index (κ3) is 2.34. The van der Waals surface area contributed by atoms with Gasteiger partial charge in [0, 0.05) is 28.7 Å². The standard InChI is InChI=1S/C17H11N3O2/c18-10-12(15-6-2-4-8-17(15)20(21)22)9-13-11-19-16-7-3-1-5-14(13)16/h1-9,11,19H/b12-9+. The molecule has 2 aromatic carbocycles. The number of fused-ring (bicyclic) bond motifs is 1. The third-order valence-electron chi connectivity index (χ3n) is 3.43. The van der Waals surface area contributed by atoms with E-state index < -0.39 is 4.92 Å². The van der Waals surface area contributed by atoms with Crippen LogP contribution >= 0.6 is 0 Å². The number of nitro benzene ring substituents is 1. The molecule has 106 valence electrons. The number of aromatic amines is 1. The fourth-order valence-electron chi connectivity index (χ4n) is 2.40. The number of H-pyrrole nitrogens is 1. The predicted molar refractivity (Wildman–Crippen MR) is 84.9 cm³/mol. The lowest BCUT2D eigenvalue weighted by Gasteiger charge is -2.01. The molecule has 0 atom stereocenters. The number of nitriles is 1. The Bertz CT molecular complexity index is 932. The largest absolute Gasteiger partial charge is 0.361 e. The molecular weight excluding hydrogens is 278 g/mol. The number of para-hydroxylation sites is 2. The van der Waals surface area contributed by atoms with E-state index in [0.29, 0.717) is 5.56 Å². The van der Waals surface area contributed by atoms with Crippen LogP contribution in [-0.2, 0) is 0 Å². The van der Waals surface area contributed by atoms with Crippen molar-refractivity contribution in [2.45, 2.75) is 0 Å². The summed E-state index contributed by atoms with van der Waals surface area (Å²) in [4.78, 5) is 13.8. The zero-order valence-corrected chi connectivity index (χ0v) is 11.5. The van der Waals surface area contributed by atoms with Crippen molar-refractivity contribution in [1.29, 1.82) is 5.26 Å². The molecule has 1 N–H and O–H groups in total. The van der Waals surface area contributed by atoms with Crippen molar-refractivity contribution in [2.75, 3.05) is 0 Å². The van der Waals surface area contributed by atoms with E-state index in [4.69, 9.17) is 0 Å². The van der Waals surface area contributed by atoms with Crippen LogP contribution < -0.4 is 0 Å². The zero-order chi connectivity index (χ0) is 15.5. The van der Waals surface area contributed by atoms with Gasteiger partial charge in [-0.25, -0.2) is 0 Å². The van der Waals surface area contributed by atoms with Gasteiger partial charge < -0.3 is 4.98 Å². The second kappa shape index (κ2) is 5.54. The second-order valence-electron chi connectivity index (χ2n) is 4.73. The van der Waals surface area contributed by atoms with Crippen LogP contribution in [0.3, 0.4) is 0 Å². The molecule has 0 amide bonds. The molecule has 3 rings (SSSR count). The van der Waals surface area contributed by atoms with Crippen molar-refractivity contribution in [1.82, 2.24) is 4.98 Å². The highest BCUT2D eigenvalue weighted by molar-refractivity contribution is 5.99. The van der Waals surface area contributed by atoms with Crippen LogP contribution in [-0.4, -0.2) is 9.91 Å². The molecule has 1 heterocycles. The highest BCUT2D eigenvalue weighted by Gasteiger charge is 2.16. The topological polar surface area (TPSA) is 82.7 Å². The predicted octanol–water partition coefficient (Wildman–Crippen LogP) is 4.14. The van der Waals surface area contributed by atoms with Crippen LogP contribution in [0.1, 0.15) is 11.1 Å². The summed E-state index contributed by atoms with van der Waals surface area (Å²) in [5.41, 5.74) is 2.28. The molecule has 5 heteroatoms. The molecule has 0 saturated carbocycles. The molecule has 0 unspecified atom stereocenters. The first-order chi connectivity index (χ1) is 10.7. The van der Waals surface area contributed by atoms with E-state index in [1.807, 2.05) is 24.3 Å². The Balaban J connectivity index is 2.17. The summed E-state index contributed by atoms with van der Waals surface area (Å²) in [6, 6.07) is 16.0. The molecule has 0 aliphatic rings. The molecule has 3 aromatic rings. The Morgan fingerprint density at radius 3 is 2.68 bits per heavy atom. The Morgan fingerprint density at radius 2 is 1.91 bits per heavy atom. The normalized spacial score (nSPS) is 11.3. The van der Waals surface area contributed by atoms with E-state index in [1.54, 1.807) is 30.5 Å². The number of nitrogens with one attached hydrogen (secondary N) is 1. The Labute approximate surface area is 126 Å². The van der Waals surface area contributed by atoms with E-state index in [9.17, 15) is 15.4 Å². The Kier molecular flexibility index (Phi) is 3.42. The highest BCUT2D eigenvalue weighted by atomic mass is 16.6. The molecule has 0 aliphatic heterocycles. The smallest absolute Gasteiger partial charge is 0.277 e. The van der Waals surface area contributed by atoms with Crippen LogP contribution in [0.25, 0.3) is 22.6 Å². The quantitative estimate of drug-likeness (QED) is 0.447. The molecule has 0 saturated heterocycles. The summed E-state index contributed by atoms with van der Waals surface area (Å²) in [7, 11) is 0. The minimum absolute atomic E-state index is 0.0739. The summed E-state index contributed by atoms with van der Waals surface area (Å²) < 4.78 is 0. The third-order valence-corrected chi connectivity index (χ3v) is 3.43. The average Bonchev–Trinajstić information content (AvgIpc) is 2.95. The maximum Gasteiger partial charge on any atom is 0.277 e. The lowest BCUT2D eigenvalue weighted by molar-refractivity contribution is -0.385. The second-order valence-corrected chi connectivity index (χ2v) is 4.73. The van der Waals surface area contributed by atoms with Crippen LogP contribution in [0.4, 0.5) is 5.69 Å². The lowest BCUT2D eigenvalue weighted by atomic mass is 10.0. The monoisotopic (exact) mass is 289 g/mol. The first-order valence-electron chi connectivity index (χ1n) is 6.62. The number of rotatable bonds is 3. The average molecular weight is 289 g/mol. The van der Waals surface area contributed by atoms with Gasteiger partial charge >= 0.3 is 0 Å². The molecule has 0 aliphatic carbocycles. The van der Waals surface area contributed by atoms with Crippen LogP contribution in [0.15, 0.2) is 54.7 Å². The van der Waals surface area contributed by atoms with E-state index >= 15 is 0 Å². The minimum atomic E-state index is -0.476. The van der Waals surface area contributed by atoms with Crippen LogP contribution in [0, 0.1) is 21.4 Å². The number of hydrogen-bond acceptors (Lipinski definition) is 3. The number of nitro groups is 1. The molecule has 22 heavy (non-hydrogen) atoms. The number of aromatic nitrogens is 1. The van der Waals surface area contributed by atoms with Crippen molar-refractivity contribution in [3.05, 3.63) is 76.0 Å².